The highest BCUT2D eigenvalue weighted by molar-refractivity contribution is 5.74. The first-order valence-corrected chi connectivity index (χ1v) is 10.5. The van der Waals surface area contributed by atoms with Crippen LogP contribution in [-0.4, -0.2) is 161 Å². The van der Waals surface area contributed by atoms with Crippen LogP contribution in [0.2, 0.25) is 0 Å². The number of nitrogens with zero attached hydrogens (tertiary/aromatic N) is 1. The van der Waals surface area contributed by atoms with Crippen molar-refractivity contribution < 1.29 is 61.0 Å². The summed E-state index contributed by atoms with van der Waals surface area (Å²) in [6, 6.07) is -1.24. The fraction of sp³-hybridized carbons (Fsp3) is 0.889. The summed E-state index contributed by atoms with van der Waals surface area (Å²) < 4.78 is 0. The lowest BCUT2D eigenvalue weighted by atomic mass is 10.0. The van der Waals surface area contributed by atoms with E-state index in [9.17, 15) is 50.8 Å². The smallest absolute Gasteiger partial charge is 0.320 e. The fourth-order valence-electron chi connectivity index (χ4n) is 2.95. The molecule has 0 saturated carbocycles. The summed E-state index contributed by atoms with van der Waals surface area (Å²) in [5.74, 6) is -1.85. The van der Waals surface area contributed by atoms with Crippen LogP contribution in [-0.2, 0) is 4.79 Å². The van der Waals surface area contributed by atoms with Crippen molar-refractivity contribution in [1.82, 2.24) is 10.2 Å². The fourth-order valence-corrected chi connectivity index (χ4v) is 2.95. The first kappa shape index (κ1) is 32.3. The van der Waals surface area contributed by atoms with E-state index in [1.54, 1.807) is 0 Å². The largest absolute Gasteiger partial charge is 0.480 e. The zero-order valence-corrected chi connectivity index (χ0v) is 18.5. The number of hydrogen-bond donors (Lipinski definition) is 14. The molecular weight excluding hydrogens is 464 g/mol. The molecule has 15 N–H and O–H groups in total. The van der Waals surface area contributed by atoms with Gasteiger partial charge >= 0.3 is 5.97 Å². The number of aliphatic hydroxyl groups is 10. The van der Waals surface area contributed by atoms with Crippen LogP contribution < -0.4 is 11.1 Å². The highest BCUT2D eigenvalue weighted by Crippen LogP contribution is 2.09. The highest BCUT2D eigenvalue weighted by atomic mass is 16.4. The van der Waals surface area contributed by atoms with Gasteiger partial charge < -0.3 is 72.1 Å². The van der Waals surface area contributed by atoms with Crippen LogP contribution in [0, 0.1) is 5.41 Å². The third-order valence-electron chi connectivity index (χ3n) is 5.19. The van der Waals surface area contributed by atoms with E-state index in [1.807, 2.05) is 0 Å². The quantitative estimate of drug-likeness (QED) is 0.0611. The van der Waals surface area contributed by atoms with Crippen molar-refractivity contribution in [1.29, 1.82) is 5.41 Å². The summed E-state index contributed by atoms with van der Waals surface area (Å²) in [5, 5.41) is 114. The number of nitrogens with two attached hydrogens (primary N) is 1. The molecule has 0 aliphatic carbocycles. The minimum Gasteiger partial charge on any atom is -0.480 e. The molecule has 9 atom stereocenters. The molecule has 0 aliphatic heterocycles. The number of hydrogen-bond acceptors (Lipinski definition) is 13. The van der Waals surface area contributed by atoms with Crippen LogP contribution in [0.15, 0.2) is 0 Å². The Morgan fingerprint density at radius 3 is 1.68 bits per heavy atom. The van der Waals surface area contributed by atoms with Gasteiger partial charge in [-0.2, -0.15) is 0 Å². The van der Waals surface area contributed by atoms with Gasteiger partial charge in [0.05, 0.1) is 19.3 Å². The number of nitrogens with one attached hydrogen (secondary N) is 2. The summed E-state index contributed by atoms with van der Waals surface area (Å²) in [6.07, 6.45) is -14.2. The maximum atomic E-state index is 11.5. The first-order chi connectivity index (χ1) is 15.8. The molecule has 0 rings (SSSR count). The lowest BCUT2D eigenvalue weighted by molar-refractivity contribution is -0.140. The van der Waals surface area contributed by atoms with E-state index in [1.165, 1.54) is 0 Å². The minimum absolute atomic E-state index is 0.0597. The average Bonchev–Trinajstić information content (AvgIpc) is 2.81. The van der Waals surface area contributed by atoms with E-state index in [-0.39, 0.29) is 19.4 Å². The topological polar surface area (TPSA) is 305 Å². The third kappa shape index (κ3) is 10.7. The number of aliphatic hydroxyl groups excluding tert-OH is 10. The van der Waals surface area contributed by atoms with Gasteiger partial charge in [0.1, 0.15) is 48.8 Å². The van der Waals surface area contributed by atoms with Crippen molar-refractivity contribution >= 4 is 11.9 Å². The maximum absolute atomic E-state index is 11.5. The Kier molecular flexibility index (Phi) is 15.3. The number of guanidine groups is 1. The Bertz CT molecular complexity index is 603. The second-order valence-electron chi connectivity index (χ2n) is 7.87. The predicted octanol–water partition coefficient (Wildman–Crippen LogP) is -7.12. The molecule has 0 fully saturated rings. The van der Waals surface area contributed by atoms with E-state index < -0.39 is 93.1 Å². The molecule has 0 radical (unpaired) electrons. The molecule has 0 spiro atoms. The van der Waals surface area contributed by atoms with Crippen LogP contribution in [0.25, 0.3) is 0 Å². The van der Waals surface area contributed by atoms with Crippen molar-refractivity contribution in [2.24, 2.45) is 5.73 Å². The first-order valence-electron chi connectivity index (χ1n) is 10.5. The summed E-state index contributed by atoms with van der Waals surface area (Å²) in [7, 11) is 0. The van der Waals surface area contributed by atoms with E-state index in [0.717, 1.165) is 4.90 Å². The van der Waals surface area contributed by atoms with Gasteiger partial charge in [-0.15, -0.1) is 0 Å². The number of carboxylic acids is 1. The van der Waals surface area contributed by atoms with Gasteiger partial charge in [0.25, 0.3) is 0 Å². The number of carbonyl (C=O) groups is 1. The van der Waals surface area contributed by atoms with Gasteiger partial charge in [-0.25, -0.2) is 0 Å². The van der Waals surface area contributed by atoms with Crippen molar-refractivity contribution in [2.45, 2.75) is 67.7 Å². The Labute approximate surface area is 195 Å². The Morgan fingerprint density at radius 1 is 0.824 bits per heavy atom. The number of carboxylic acid groups (broad SMARTS) is 1. The van der Waals surface area contributed by atoms with Gasteiger partial charge in [0.15, 0.2) is 5.96 Å². The van der Waals surface area contributed by atoms with Crippen molar-refractivity contribution in [3.63, 3.8) is 0 Å². The molecule has 16 heteroatoms. The van der Waals surface area contributed by atoms with E-state index >= 15 is 0 Å². The molecule has 8 unspecified atom stereocenters. The second kappa shape index (κ2) is 16.1. The standard InChI is InChI=1S/C18H38N4O12/c19-18(20)22(5-10(26)14(30)16(32)12(28)7-24)3-1-2-8(17(33)34)21-4-9(25)13(29)15(31)11(27)6-23/h8-16,21,23-32H,1-7H2,(H3,19,20)(H,33,34)/t8-,9?,10?,11?,12?,13?,14?,15?,16?/m0/s1. The van der Waals surface area contributed by atoms with Gasteiger partial charge in [0, 0.05) is 19.6 Å². The lowest BCUT2D eigenvalue weighted by Crippen LogP contribution is -2.52. The van der Waals surface area contributed by atoms with Crippen LogP contribution in [0.1, 0.15) is 12.8 Å². The molecule has 0 aromatic heterocycles. The zero-order chi connectivity index (χ0) is 26.6. The van der Waals surface area contributed by atoms with Crippen molar-refractivity contribution in [2.75, 3.05) is 32.8 Å². The maximum Gasteiger partial charge on any atom is 0.320 e. The Morgan fingerprint density at radius 2 is 1.26 bits per heavy atom. The van der Waals surface area contributed by atoms with Crippen LogP contribution in [0.4, 0.5) is 0 Å². The highest BCUT2D eigenvalue weighted by Gasteiger charge is 2.32. The van der Waals surface area contributed by atoms with Crippen LogP contribution >= 0.6 is 0 Å². The van der Waals surface area contributed by atoms with Gasteiger partial charge in [-0.3, -0.25) is 10.2 Å². The number of rotatable bonds is 18. The summed E-state index contributed by atoms with van der Waals surface area (Å²) >= 11 is 0. The summed E-state index contributed by atoms with van der Waals surface area (Å²) in [5.41, 5.74) is 5.43. The molecule has 0 aromatic rings. The number of aliphatic carboxylic acids is 1. The summed E-state index contributed by atoms with van der Waals surface area (Å²) in [4.78, 5) is 12.5. The van der Waals surface area contributed by atoms with Crippen LogP contribution in [0.5, 0.6) is 0 Å². The van der Waals surface area contributed by atoms with Crippen molar-refractivity contribution in [3.8, 4) is 0 Å². The molecule has 34 heavy (non-hydrogen) atoms. The molecular formula is C18H38N4O12. The van der Waals surface area contributed by atoms with E-state index in [4.69, 9.17) is 21.4 Å². The van der Waals surface area contributed by atoms with Gasteiger partial charge in [-0.05, 0) is 12.8 Å². The molecule has 0 bridgehead atoms. The van der Waals surface area contributed by atoms with Crippen LogP contribution in [0.3, 0.4) is 0 Å². The molecule has 0 saturated heterocycles. The zero-order valence-electron chi connectivity index (χ0n) is 18.5. The third-order valence-corrected chi connectivity index (χ3v) is 5.19. The van der Waals surface area contributed by atoms with Gasteiger partial charge in [-0.1, -0.05) is 0 Å². The van der Waals surface area contributed by atoms with Crippen molar-refractivity contribution in [3.05, 3.63) is 0 Å². The summed E-state index contributed by atoms with van der Waals surface area (Å²) in [6.45, 7) is -2.73. The monoisotopic (exact) mass is 502 g/mol. The minimum atomic E-state index is -1.87. The van der Waals surface area contributed by atoms with Gasteiger partial charge in [0.2, 0.25) is 0 Å². The Balaban J connectivity index is 4.81. The molecule has 0 amide bonds. The molecule has 0 aromatic carbocycles. The normalized spacial score (nSPS) is 19.8. The average molecular weight is 503 g/mol. The van der Waals surface area contributed by atoms with E-state index in [2.05, 4.69) is 5.32 Å². The molecule has 202 valence electrons. The SMILES string of the molecule is N=C(N)N(CCC[C@H](NCC(O)C(O)C(O)C(O)CO)C(=O)O)CC(O)C(O)C(O)C(O)CO. The Hall–Kier alpha value is -1.70. The lowest BCUT2D eigenvalue weighted by Gasteiger charge is -2.31. The molecule has 16 nitrogen and oxygen atoms in total. The molecule has 0 aliphatic rings. The molecule has 0 heterocycles. The van der Waals surface area contributed by atoms with E-state index in [0.29, 0.717) is 0 Å². The predicted molar refractivity (Wildman–Crippen MR) is 114 cm³/mol. The second-order valence-corrected chi connectivity index (χ2v) is 7.87.